The smallest absolute Gasteiger partial charge is 0.241 e. The fourth-order valence-electron chi connectivity index (χ4n) is 1.52. The van der Waals surface area contributed by atoms with Gasteiger partial charge in [0.1, 0.15) is 6.04 Å². The molecule has 0 aromatic heterocycles. The molecule has 0 heterocycles. The van der Waals surface area contributed by atoms with E-state index in [0.29, 0.717) is 5.33 Å². The Bertz CT molecular complexity index is 541. The van der Waals surface area contributed by atoms with Crippen LogP contribution in [0.5, 0.6) is 0 Å². The average Bonchev–Trinajstić information content (AvgIpc) is 2.35. The lowest BCUT2D eigenvalue weighted by atomic mass is 10.1. The van der Waals surface area contributed by atoms with E-state index in [1.54, 1.807) is 26.0 Å². The molecule has 0 bridgehead atoms. The molecule has 1 atom stereocenters. The second-order valence-corrected chi connectivity index (χ2v) is 6.80. The van der Waals surface area contributed by atoms with Crippen LogP contribution in [0.25, 0.3) is 0 Å². The highest BCUT2D eigenvalue weighted by Gasteiger charge is 2.26. The number of hydrogen-bond donors (Lipinski definition) is 2. The van der Waals surface area contributed by atoms with Crippen LogP contribution in [0, 0.1) is 5.92 Å². The first-order valence-corrected chi connectivity index (χ1v) is 8.35. The normalized spacial score (nSPS) is 13.5. The molecule has 0 aliphatic heterocycles. The van der Waals surface area contributed by atoms with E-state index in [2.05, 4.69) is 20.7 Å². The van der Waals surface area contributed by atoms with Crippen LogP contribution >= 0.6 is 15.9 Å². The van der Waals surface area contributed by atoms with Gasteiger partial charge >= 0.3 is 0 Å². The van der Waals surface area contributed by atoms with Gasteiger partial charge < -0.3 is 5.73 Å². The van der Waals surface area contributed by atoms with Crippen molar-refractivity contribution in [3.05, 3.63) is 29.8 Å². The largest absolute Gasteiger partial charge is 0.368 e. The van der Waals surface area contributed by atoms with Crippen LogP contribution in [0.2, 0.25) is 0 Å². The molecule has 3 N–H and O–H groups in total. The maximum atomic E-state index is 12.1. The summed E-state index contributed by atoms with van der Waals surface area (Å²) in [4.78, 5) is 11.4. The molecule has 0 radical (unpaired) electrons. The van der Waals surface area contributed by atoms with E-state index in [1.165, 1.54) is 12.1 Å². The van der Waals surface area contributed by atoms with Crippen LogP contribution in [-0.2, 0) is 20.1 Å². The topological polar surface area (TPSA) is 89.3 Å². The van der Waals surface area contributed by atoms with Crippen LogP contribution in [0.15, 0.2) is 29.2 Å². The predicted octanol–water partition coefficient (Wildman–Crippen LogP) is 1.37. The number of nitrogens with two attached hydrogens (primary N) is 1. The number of benzene rings is 1. The van der Waals surface area contributed by atoms with Crippen molar-refractivity contribution in [1.29, 1.82) is 0 Å². The zero-order chi connectivity index (χ0) is 14.6. The summed E-state index contributed by atoms with van der Waals surface area (Å²) < 4.78 is 26.6. The van der Waals surface area contributed by atoms with E-state index in [4.69, 9.17) is 5.73 Å². The number of rotatable bonds is 6. The van der Waals surface area contributed by atoms with Crippen molar-refractivity contribution in [2.75, 3.05) is 0 Å². The summed E-state index contributed by atoms with van der Waals surface area (Å²) in [6, 6.07) is 5.49. The van der Waals surface area contributed by atoms with Crippen molar-refractivity contribution < 1.29 is 13.2 Å². The summed E-state index contributed by atoms with van der Waals surface area (Å²) in [6.07, 6.45) is 0. The summed E-state index contributed by atoms with van der Waals surface area (Å²) in [5, 5.41) is 0.649. The fourth-order valence-corrected chi connectivity index (χ4v) is 3.24. The highest BCUT2D eigenvalue weighted by atomic mass is 79.9. The second-order valence-electron chi connectivity index (χ2n) is 4.52. The molecule has 1 aromatic rings. The lowest BCUT2D eigenvalue weighted by Crippen LogP contribution is -2.47. The van der Waals surface area contributed by atoms with Crippen LogP contribution in [0.1, 0.15) is 19.4 Å². The van der Waals surface area contributed by atoms with Gasteiger partial charge in [-0.15, -0.1) is 0 Å². The Morgan fingerprint density at radius 1 is 1.32 bits per heavy atom. The number of alkyl halides is 1. The molecule has 0 aliphatic rings. The Morgan fingerprint density at radius 3 is 2.21 bits per heavy atom. The van der Waals surface area contributed by atoms with E-state index in [0.717, 1.165) is 5.56 Å². The van der Waals surface area contributed by atoms with Crippen molar-refractivity contribution in [3.63, 3.8) is 0 Å². The summed E-state index contributed by atoms with van der Waals surface area (Å²) in [6.45, 7) is 3.46. The first-order chi connectivity index (χ1) is 8.77. The van der Waals surface area contributed by atoms with Gasteiger partial charge in [-0.25, -0.2) is 8.42 Å². The molecule has 106 valence electrons. The number of halogens is 1. The fraction of sp³-hybridized carbons (Fsp3) is 0.417. The molecule has 1 amide bonds. The summed E-state index contributed by atoms with van der Waals surface area (Å²) >= 11 is 3.28. The molecule has 1 unspecified atom stereocenters. The number of primary amides is 1. The van der Waals surface area contributed by atoms with Crippen LogP contribution < -0.4 is 10.5 Å². The van der Waals surface area contributed by atoms with Crippen molar-refractivity contribution in [2.24, 2.45) is 11.7 Å². The first kappa shape index (κ1) is 16.1. The Balaban J connectivity index is 2.99. The first-order valence-electron chi connectivity index (χ1n) is 5.74. The van der Waals surface area contributed by atoms with Crippen molar-refractivity contribution >= 4 is 31.9 Å². The number of amides is 1. The molecule has 1 aromatic carbocycles. The van der Waals surface area contributed by atoms with Gasteiger partial charge in [-0.2, -0.15) is 4.72 Å². The molecular formula is C12H17BrN2O3S. The van der Waals surface area contributed by atoms with E-state index in [1.807, 2.05) is 0 Å². The predicted molar refractivity (Wildman–Crippen MR) is 77.2 cm³/mol. The van der Waals surface area contributed by atoms with Crippen molar-refractivity contribution in [2.45, 2.75) is 30.1 Å². The van der Waals surface area contributed by atoms with Crippen molar-refractivity contribution in [3.8, 4) is 0 Å². The van der Waals surface area contributed by atoms with Crippen LogP contribution in [0.3, 0.4) is 0 Å². The zero-order valence-electron chi connectivity index (χ0n) is 10.8. The Morgan fingerprint density at radius 2 is 1.84 bits per heavy atom. The van der Waals surface area contributed by atoms with Crippen LogP contribution in [-0.4, -0.2) is 20.4 Å². The summed E-state index contributed by atoms with van der Waals surface area (Å²) in [7, 11) is -3.74. The lowest BCUT2D eigenvalue weighted by Gasteiger charge is -2.18. The Labute approximate surface area is 121 Å². The maximum Gasteiger partial charge on any atom is 0.241 e. The molecule has 1 rings (SSSR count). The SMILES string of the molecule is CC(C)C(NS(=O)(=O)c1ccc(CBr)cc1)C(N)=O. The summed E-state index contributed by atoms with van der Waals surface area (Å²) in [5.74, 6) is -0.898. The number of nitrogens with one attached hydrogen (secondary N) is 1. The molecule has 0 aliphatic carbocycles. The van der Waals surface area contributed by atoms with E-state index in [9.17, 15) is 13.2 Å². The highest BCUT2D eigenvalue weighted by molar-refractivity contribution is 9.08. The third kappa shape index (κ3) is 4.29. The quantitative estimate of drug-likeness (QED) is 0.760. The molecule has 19 heavy (non-hydrogen) atoms. The highest BCUT2D eigenvalue weighted by Crippen LogP contribution is 2.14. The van der Waals surface area contributed by atoms with Gasteiger partial charge in [0.2, 0.25) is 15.9 Å². The van der Waals surface area contributed by atoms with Gasteiger partial charge in [0, 0.05) is 5.33 Å². The van der Waals surface area contributed by atoms with E-state index in [-0.39, 0.29) is 10.8 Å². The van der Waals surface area contributed by atoms with Gasteiger partial charge in [-0.1, -0.05) is 41.9 Å². The number of hydrogen-bond acceptors (Lipinski definition) is 3. The van der Waals surface area contributed by atoms with Gasteiger partial charge in [-0.3, -0.25) is 4.79 Å². The Kier molecular flexibility index (Phi) is 5.51. The molecule has 0 saturated carbocycles. The number of sulfonamides is 1. The zero-order valence-corrected chi connectivity index (χ0v) is 13.2. The average molecular weight is 349 g/mol. The molecule has 0 saturated heterocycles. The van der Waals surface area contributed by atoms with Crippen LogP contribution in [0.4, 0.5) is 0 Å². The number of carbonyl (C=O) groups excluding carboxylic acids is 1. The third-order valence-corrected chi connectivity index (χ3v) is 4.75. The lowest BCUT2D eigenvalue weighted by molar-refractivity contribution is -0.120. The van der Waals surface area contributed by atoms with Gasteiger partial charge in [0.15, 0.2) is 0 Å². The molecule has 5 nitrogen and oxygen atoms in total. The standard InChI is InChI=1S/C12H17BrN2O3S/c1-8(2)11(12(14)16)15-19(17,18)10-5-3-9(7-13)4-6-10/h3-6,8,11,15H,7H2,1-2H3,(H2,14,16). The third-order valence-electron chi connectivity index (χ3n) is 2.64. The molecule has 7 heteroatoms. The van der Waals surface area contributed by atoms with Gasteiger partial charge in [0.05, 0.1) is 4.90 Å². The maximum absolute atomic E-state index is 12.1. The monoisotopic (exact) mass is 348 g/mol. The van der Waals surface area contributed by atoms with E-state index < -0.39 is 22.0 Å². The number of carbonyl (C=O) groups is 1. The van der Waals surface area contributed by atoms with Gasteiger partial charge in [-0.05, 0) is 23.6 Å². The molecule has 0 fully saturated rings. The van der Waals surface area contributed by atoms with Gasteiger partial charge in [0.25, 0.3) is 0 Å². The van der Waals surface area contributed by atoms with E-state index >= 15 is 0 Å². The minimum Gasteiger partial charge on any atom is -0.368 e. The Hall–Kier alpha value is -0.920. The summed E-state index contributed by atoms with van der Waals surface area (Å²) in [5.41, 5.74) is 6.16. The van der Waals surface area contributed by atoms with Crippen molar-refractivity contribution in [1.82, 2.24) is 4.72 Å². The molecule has 0 spiro atoms. The molecular weight excluding hydrogens is 332 g/mol. The minimum atomic E-state index is -3.74. The minimum absolute atomic E-state index is 0.115. The second kappa shape index (κ2) is 6.49.